The first kappa shape index (κ1) is 32.1. The van der Waals surface area contributed by atoms with Crippen LogP contribution < -0.4 is 14.4 Å². The van der Waals surface area contributed by atoms with Crippen molar-refractivity contribution in [2.75, 3.05) is 24.0 Å². The Balaban J connectivity index is 2.03. The van der Waals surface area contributed by atoms with Crippen LogP contribution in [-0.2, 0) is 26.2 Å². The summed E-state index contributed by atoms with van der Waals surface area (Å²) < 4.78 is 35.2. The van der Waals surface area contributed by atoms with Crippen LogP contribution in [0.3, 0.4) is 0 Å². The zero-order chi connectivity index (χ0) is 30.2. The summed E-state index contributed by atoms with van der Waals surface area (Å²) in [6.45, 7) is 10.0. The summed E-state index contributed by atoms with van der Waals surface area (Å²) in [5, 5.41) is 2.90. The van der Waals surface area contributed by atoms with Crippen molar-refractivity contribution in [1.29, 1.82) is 0 Å². The van der Waals surface area contributed by atoms with Crippen LogP contribution in [-0.4, -0.2) is 50.9 Å². The average molecular weight is 645 g/mol. The summed E-state index contributed by atoms with van der Waals surface area (Å²) >= 11 is 3.34. The zero-order valence-electron chi connectivity index (χ0n) is 24.1. The van der Waals surface area contributed by atoms with Crippen molar-refractivity contribution in [2.24, 2.45) is 5.92 Å². The molecule has 8 nitrogen and oxygen atoms in total. The van der Waals surface area contributed by atoms with E-state index in [1.54, 1.807) is 43.3 Å². The molecule has 0 aliphatic heterocycles. The molecule has 220 valence electrons. The van der Waals surface area contributed by atoms with Crippen LogP contribution >= 0.6 is 15.9 Å². The molecule has 3 aromatic rings. The number of aryl methyl sites for hydroxylation is 1. The molecule has 0 aliphatic carbocycles. The molecule has 1 atom stereocenters. The molecule has 10 heteroatoms. The fraction of sp³-hybridized carbons (Fsp3) is 0.355. The molecule has 41 heavy (non-hydrogen) atoms. The van der Waals surface area contributed by atoms with Crippen LogP contribution in [0, 0.1) is 12.8 Å². The highest BCUT2D eigenvalue weighted by Crippen LogP contribution is 2.27. The van der Waals surface area contributed by atoms with Gasteiger partial charge in [0.05, 0.1) is 17.2 Å². The largest absolute Gasteiger partial charge is 0.494 e. The fourth-order valence-electron chi connectivity index (χ4n) is 4.14. The molecule has 0 spiro atoms. The van der Waals surface area contributed by atoms with E-state index in [1.807, 2.05) is 52.0 Å². The van der Waals surface area contributed by atoms with E-state index >= 15 is 0 Å². The molecule has 0 aromatic heterocycles. The first-order valence-corrected chi connectivity index (χ1v) is 15.8. The summed E-state index contributed by atoms with van der Waals surface area (Å²) in [6.07, 6.45) is 0. The predicted molar refractivity (Wildman–Crippen MR) is 165 cm³/mol. The van der Waals surface area contributed by atoms with E-state index < -0.39 is 28.5 Å². The topological polar surface area (TPSA) is 96.0 Å². The first-order chi connectivity index (χ1) is 19.4. The van der Waals surface area contributed by atoms with Crippen molar-refractivity contribution in [3.05, 3.63) is 88.4 Å². The van der Waals surface area contributed by atoms with E-state index in [-0.39, 0.29) is 23.3 Å². The minimum absolute atomic E-state index is 0.0376. The molecule has 0 aliphatic rings. The second-order valence-electron chi connectivity index (χ2n) is 10.2. The molecule has 0 radical (unpaired) electrons. The Morgan fingerprint density at radius 1 is 0.951 bits per heavy atom. The maximum absolute atomic E-state index is 14.0. The number of nitrogens with zero attached hydrogens (tertiary/aromatic N) is 2. The van der Waals surface area contributed by atoms with Gasteiger partial charge in [-0.15, -0.1) is 0 Å². The molecule has 0 saturated carbocycles. The number of carbonyl (C=O) groups excluding carboxylic acids is 2. The summed E-state index contributed by atoms with van der Waals surface area (Å²) in [7, 11) is -4.15. The van der Waals surface area contributed by atoms with Crippen LogP contribution in [0.1, 0.15) is 38.8 Å². The van der Waals surface area contributed by atoms with E-state index in [0.29, 0.717) is 24.6 Å². The third-order valence-electron chi connectivity index (χ3n) is 6.57. The number of benzene rings is 3. The standard InChI is InChI=1S/C31H38BrN3O5S/c1-6-40-28-15-13-27(14-16-28)35(41(38,39)29-17-11-26(32)12-18-29)21-30(36)34(20-25-10-8-7-9-23(25)4)24(5)31(37)33-19-22(2)3/h7-18,22,24H,6,19-21H2,1-5H3,(H,33,37)/t24-/m1/s1. The highest BCUT2D eigenvalue weighted by molar-refractivity contribution is 9.10. The molecule has 3 aromatic carbocycles. The van der Waals surface area contributed by atoms with Crippen molar-refractivity contribution in [3.63, 3.8) is 0 Å². The van der Waals surface area contributed by atoms with Crippen molar-refractivity contribution < 1.29 is 22.7 Å². The normalized spacial score (nSPS) is 12.1. The minimum atomic E-state index is -4.15. The number of sulfonamides is 1. The molecular weight excluding hydrogens is 606 g/mol. The number of amides is 2. The van der Waals surface area contributed by atoms with Gasteiger partial charge in [-0.05, 0) is 86.3 Å². The predicted octanol–water partition coefficient (Wildman–Crippen LogP) is 5.54. The number of anilines is 1. The smallest absolute Gasteiger partial charge is 0.264 e. The Bertz CT molecular complexity index is 1430. The molecule has 3 rings (SSSR count). The number of hydrogen-bond donors (Lipinski definition) is 1. The van der Waals surface area contributed by atoms with E-state index in [4.69, 9.17) is 4.74 Å². The van der Waals surface area contributed by atoms with Crippen LogP contribution in [0.5, 0.6) is 5.75 Å². The number of ether oxygens (including phenoxy) is 1. The Morgan fingerprint density at radius 3 is 2.17 bits per heavy atom. The Hall–Kier alpha value is -3.37. The lowest BCUT2D eigenvalue weighted by molar-refractivity contribution is -0.139. The molecule has 0 heterocycles. The quantitative estimate of drug-likeness (QED) is 0.264. The lowest BCUT2D eigenvalue weighted by Crippen LogP contribution is -2.51. The summed E-state index contributed by atoms with van der Waals surface area (Å²) in [6, 6.07) is 19.6. The molecule has 2 amide bonds. The number of carbonyl (C=O) groups is 2. The van der Waals surface area contributed by atoms with Crippen molar-refractivity contribution in [2.45, 2.75) is 52.1 Å². The minimum Gasteiger partial charge on any atom is -0.494 e. The summed E-state index contributed by atoms with van der Waals surface area (Å²) in [4.78, 5) is 28.6. The number of hydrogen-bond acceptors (Lipinski definition) is 5. The molecule has 0 bridgehead atoms. The van der Waals surface area contributed by atoms with E-state index in [1.165, 1.54) is 17.0 Å². The van der Waals surface area contributed by atoms with Gasteiger partial charge in [0.1, 0.15) is 18.3 Å². The fourth-order valence-corrected chi connectivity index (χ4v) is 5.82. The molecule has 1 N–H and O–H groups in total. The van der Waals surface area contributed by atoms with Gasteiger partial charge >= 0.3 is 0 Å². The van der Waals surface area contributed by atoms with Gasteiger partial charge < -0.3 is 15.0 Å². The van der Waals surface area contributed by atoms with Gasteiger partial charge in [0.2, 0.25) is 11.8 Å². The van der Waals surface area contributed by atoms with E-state index in [9.17, 15) is 18.0 Å². The lowest BCUT2D eigenvalue weighted by atomic mass is 10.1. The van der Waals surface area contributed by atoms with Gasteiger partial charge in [0.15, 0.2) is 0 Å². The van der Waals surface area contributed by atoms with Crippen molar-refractivity contribution >= 4 is 43.5 Å². The third-order valence-corrected chi connectivity index (χ3v) is 8.89. The van der Waals surface area contributed by atoms with Crippen LogP contribution in [0.2, 0.25) is 0 Å². The number of rotatable bonds is 13. The lowest BCUT2D eigenvalue weighted by Gasteiger charge is -2.32. The summed E-state index contributed by atoms with van der Waals surface area (Å²) in [5.41, 5.74) is 2.14. The SMILES string of the molecule is CCOc1ccc(N(CC(=O)N(Cc2ccccc2C)[C@H](C)C(=O)NCC(C)C)S(=O)(=O)c2ccc(Br)cc2)cc1. The second kappa shape index (κ2) is 14.5. The summed E-state index contributed by atoms with van der Waals surface area (Å²) in [5.74, 6) is 0.0112. The zero-order valence-corrected chi connectivity index (χ0v) is 26.5. The number of halogens is 1. The highest BCUT2D eigenvalue weighted by atomic mass is 79.9. The van der Waals surface area contributed by atoms with E-state index in [2.05, 4.69) is 21.2 Å². The van der Waals surface area contributed by atoms with Gasteiger partial charge in [-0.3, -0.25) is 13.9 Å². The molecule has 0 unspecified atom stereocenters. The molecule has 0 fully saturated rings. The molecular formula is C31H38BrN3O5S. The first-order valence-electron chi connectivity index (χ1n) is 13.6. The average Bonchev–Trinajstić information content (AvgIpc) is 2.94. The monoisotopic (exact) mass is 643 g/mol. The second-order valence-corrected chi connectivity index (χ2v) is 12.9. The Kier molecular flexibility index (Phi) is 11.4. The van der Waals surface area contributed by atoms with Crippen LogP contribution in [0.4, 0.5) is 5.69 Å². The Labute approximate surface area is 251 Å². The van der Waals surface area contributed by atoms with Gasteiger partial charge in [-0.25, -0.2) is 8.42 Å². The van der Waals surface area contributed by atoms with E-state index in [0.717, 1.165) is 19.9 Å². The van der Waals surface area contributed by atoms with Crippen LogP contribution in [0.15, 0.2) is 82.2 Å². The highest BCUT2D eigenvalue weighted by Gasteiger charge is 2.32. The Morgan fingerprint density at radius 2 is 1.59 bits per heavy atom. The van der Waals surface area contributed by atoms with Gasteiger partial charge in [-0.1, -0.05) is 54.0 Å². The van der Waals surface area contributed by atoms with Gasteiger partial charge in [0, 0.05) is 17.6 Å². The maximum Gasteiger partial charge on any atom is 0.264 e. The number of nitrogens with one attached hydrogen (secondary N) is 1. The molecule has 0 saturated heterocycles. The maximum atomic E-state index is 14.0. The van der Waals surface area contributed by atoms with Crippen molar-refractivity contribution in [1.82, 2.24) is 10.2 Å². The van der Waals surface area contributed by atoms with Gasteiger partial charge in [-0.2, -0.15) is 0 Å². The third kappa shape index (κ3) is 8.56. The van der Waals surface area contributed by atoms with Gasteiger partial charge in [0.25, 0.3) is 10.0 Å². The van der Waals surface area contributed by atoms with Crippen molar-refractivity contribution in [3.8, 4) is 5.75 Å². The van der Waals surface area contributed by atoms with Crippen LogP contribution in [0.25, 0.3) is 0 Å².